The van der Waals surface area contributed by atoms with Gasteiger partial charge < -0.3 is 10.1 Å². The highest BCUT2D eigenvalue weighted by Crippen LogP contribution is 2.26. The third-order valence-corrected chi connectivity index (χ3v) is 2.80. The van der Waals surface area contributed by atoms with Crippen molar-refractivity contribution in [1.29, 1.82) is 0 Å². The van der Waals surface area contributed by atoms with Gasteiger partial charge in [-0.2, -0.15) is 12.6 Å². The molecule has 0 atom stereocenters. The standard InChI is InChI=1S/C15H17NOS/c1-12-7-8-14(16-11-18)15(9-12)17-10-13-5-3-2-4-6-13/h2-9,16,18H,10-11H2,1H3. The molecule has 18 heavy (non-hydrogen) atoms. The first-order valence-electron chi connectivity index (χ1n) is 5.91. The molecule has 0 saturated heterocycles. The molecule has 2 aromatic carbocycles. The maximum Gasteiger partial charge on any atom is 0.143 e. The molecule has 0 aromatic heterocycles. The van der Waals surface area contributed by atoms with E-state index >= 15 is 0 Å². The van der Waals surface area contributed by atoms with Gasteiger partial charge in [0.2, 0.25) is 0 Å². The molecule has 0 bridgehead atoms. The summed E-state index contributed by atoms with van der Waals surface area (Å²) in [6, 6.07) is 16.3. The smallest absolute Gasteiger partial charge is 0.143 e. The van der Waals surface area contributed by atoms with Crippen LogP contribution in [-0.4, -0.2) is 5.88 Å². The molecule has 0 spiro atoms. The number of benzene rings is 2. The summed E-state index contributed by atoms with van der Waals surface area (Å²) in [5, 5.41) is 3.18. The van der Waals surface area contributed by atoms with Gasteiger partial charge in [-0.25, -0.2) is 0 Å². The Morgan fingerprint density at radius 2 is 1.89 bits per heavy atom. The molecule has 3 heteroatoms. The summed E-state index contributed by atoms with van der Waals surface area (Å²) in [7, 11) is 0. The van der Waals surface area contributed by atoms with Crippen LogP contribution in [0.2, 0.25) is 0 Å². The van der Waals surface area contributed by atoms with E-state index < -0.39 is 0 Å². The summed E-state index contributed by atoms with van der Waals surface area (Å²) in [6.45, 7) is 2.63. The molecule has 0 aliphatic rings. The zero-order valence-corrected chi connectivity index (χ0v) is 11.3. The van der Waals surface area contributed by atoms with Crippen molar-refractivity contribution in [2.24, 2.45) is 0 Å². The van der Waals surface area contributed by atoms with E-state index in [1.807, 2.05) is 30.3 Å². The van der Waals surface area contributed by atoms with Crippen LogP contribution in [0.1, 0.15) is 11.1 Å². The zero-order chi connectivity index (χ0) is 12.8. The minimum absolute atomic E-state index is 0.575. The van der Waals surface area contributed by atoms with Gasteiger partial charge in [-0.15, -0.1) is 0 Å². The number of rotatable bonds is 5. The second kappa shape index (κ2) is 6.36. The fraction of sp³-hybridized carbons (Fsp3) is 0.200. The van der Waals surface area contributed by atoms with Gasteiger partial charge in [0.15, 0.2) is 0 Å². The Morgan fingerprint density at radius 3 is 2.61 bits per heavy atom. The minimum atomic E-state index is 0.575. The van der Waals surface area contributed by atoms with Crippen LogP contribution in [0.4, 0.5) is 5.69 Å². The van der Waals surface area contributed by atoms with Gasteiger partial charge in [-0.3, -0.25) is 0 Å². The van der Waals surface area contributed by atoms with Gasteiger partial charge in [0, 0.05) is 0 Å². The van der Waals surface area contributed by atoms with Gasteiger partial charge in [-0.1, -0.05) is 36.4 Å². The Morgan fingerprint density at radius 1 is 1.11 bits per heavy atom. The first-order valence-corrected chi connectivity index (χ1v) is 6.55. The molecule has 0 amide bonds. The van der Waals surface area contributed by atoms with E-state index in [4.69, 9.17) is 4.74 Å². The van der Waals surface area contributed by atoms with Crippen LogP contribution in [0.25, 0.3) is 0 Å². The molecule has 94 valence electrons. The van der Waals surface area contributed by atoms with Crippen LogP contribution in [0.3, 0.4) is 0 Å². The Hall–Kier alpha value is -1.61. The summed E-state index contributed by atoms with van der Waals surface area (Å²) in [4.78, 5) is 0. The Labute approximate surface area is 113 Å². The monoisotopic (exact) mass is 259 g/mol. The van der Waals surface area contributed by atoms with E-state index in [-0.39, 0.29) is 0 Å². The van der Waals surface area contributed by atoms with Gasteiger partial charge in [0.25, 0.3) is 0 Å². The van der Waals surface area contributed by atoms with Crippen LogP contribution in [-0.2, 0) is 6.61 Å². The molecule has 0 aliphatic heterocycles. The third-order valence-electron chi connectivity index (χ3n) is 2.64. The maximum absolute atomic E-state index is 5.86. The lowest BCUT2D eigenvalue weighted by Gasteiger charge is -2.13. The van der Waals surface area contributed by atoms with Crippen molar-refractivity contribution in [2.45, 2.75) is 13.5 Å². The minimum Gasteiger partial charge on any atom is -0.487 e. The predicted molar refractivity (Wildman–Crippen MR) is 79.4 cm³/mol. The normalized spacial score (nSPS) is 10.1. The molecule has 2 nitrogen and oxygen atoms in total. The topological polar surface area (TPSA) is 21.3 Å². The van der Waals surface area contributed by atoms with Crippen LogP contribution >= 0.6 is 12.6 Å². The lowest BCUT2D eigenvalue weighted by atomic mass is 10.2. The van der Waals surface area contributed by atoms with E-state index in [2.05, 4.69) is 43.1 Å². The maximum atomic E-state index is 5.86. The predicted octanol–water partition coefficient (Wildman–Crippen LogP) is 3.87. The average molecular weight is 259 g/mol. The van der Waals surface area contributed by atoms with Crippen molar-refractivity contribution in [2.75, 3.05) is 11.2 Å². The Kier molecular flexibility index (Phi) is 4.53. The molecule has 0 saturated carbocycles. The van der Waals surface area contributed by atoms with Crippen LogP contribution in [0.15, 0.2) is 48.5 Å². The third kappa shape index (κ3) is 3.44. The highest BCUT2D eigenvalue weighted by Gasteiger charge is 2.03. The molecule has 1 N–H and O–H groups in total. The fourth-order valence-electron chi connectivity index (χ4n) is 1.72. The van der Waals surface area contributed by atoms with Crippen molar-refractivity contribution < 1.29 is 4.74 Å². The summed E-state index contributed by atoms with van der Waals surface area (Å²) < 4.78 is 5.86. The molecular formula is C15H17NOS. The second-order valence-electron chi connectivity index (χ2n) is 4.11. The van der Waals surface area contributed by atoms with Gasteiger partial charge >= 0.3 is 0 Å². The van der Waals surface area contributed by atoms with Crippen molar-refractivity contribution in [3.63, 3.8) is 0 Å². The number of hydrogen-bond acceptors (Lipinski definition) is 3. The summed E-state index contributed by atoms with van der Waals surface area (Å²) in [6.07, 6.45) is 0. The van der Waals surface area contributed by atoms with Gasteiger partial charge in [0.05, 0.1) is 11.6 Å². The van der Waals surface area contributed by atoms with Crippen molar-refractivity contribution in [3.05, 3.63) is 59.7 Å². The van der Waals surface area contributed by atoms with Crippen molar-refractivity contribution in [1.82, 2.24) is 0 Å². The first kappa shape index (κ1) is 12.8. The van der Waals surface area contributed by atoms with Crippen LogP contribution in [0.5, 0.6) is 5.75 Å². The first-order chi connectivity index (χ1) is 8.79. The Bertz CT molecular complexity index is 499. The molecule has 2 aromatic rings. The molecule has 2 rings (SSSR count). The quantitative estimate of drug-likeness (QED) is 0.628. The summed E-state index contributed by atoms with van der Waals surface area (Å²) >= 11 is 4.18. The molecule has 0 unspecified atom stereocenters. The lowest BCUT2D eigenvalue weighted by Crippen LogP contribution is -2.01. The van der Waals surface area contributed by atoms with Gasteiger partial charge in [0.1, 0.15) is 12.4 Å². The van der Waals surface area contributed by atoms with Gasteiger partial charge in [-0.05, 0) is 30.2 Å². The Balaban J connectivity index is 2.10. The highest BCUT2D eigenvalue weighted by atomic mass is 32.1. The van der Waals surface area contributed by atoms with E-state index in [1.54, 1.807) is 0 Å². The number of hydrogen-bond donors (Lipinski definition) is 2. The number of nitrogens with one attached hydrogen (secondary N) is 1. The zero-order valence-electron chi connectivity index (χ0n) is 10.4. The molecule has 0 fully saturated rings. The van der Waals surface area contributed by atoms with E-state index in [0.717, 1.165) is 17.0 Å². The molecular weight excluding hydrogens is 242 g/mol. The van der Waals surface area contributed by atoms with Crippen LogP contribution in [0, 0.1) is 6.92 Å². The summed E-state index contributed by atoms with van der Waals surface area (Å²) in [5.74, 6) is 1.46. The number of aryl methyl sites for hydroxylation is 1. The SMILES string of the molecule is Cc1ccc(NCS)c(OCc2ccccc2)c1. The van der Waals surface area contributed by atoms with Crippen molar-refractivity contribution >= 4 is 18.3 Å². The highest BCUT2D eigenvalue weighted by molar-refractivity contribution is 7.80. The lowest BCUT2D eigenvalue weighted by molar-refractivity contribution is 0.307. The van der Waals surface area contributed by atoms with Crippen LogP contribution < -0.4 is 10.1 Å². The molecule has 0 aliphatic carbocycles. The average Bonchev–Trinajstić information content (AvgIpc) is 2.40. The number of thiol groups is 1. The number of ether oxygens (including phenoxy) is 1. The largest absolute Gasteiger partial charge is 0.487 e. The van der Waals surface area contributed by atoms with E-state index in [1.165, 1.54) is 5.56 Å². The van der Waals surface area contributed by atoms with E-state index in [0.29, 0.717) is 12.5 Å². The fourth-order valence-corrected chi connectivity index (χ4v) is 1.89. The molecule has 0 radical (unpaired) electrons. The summed E-state index contributed by atoms with van der Waals surface area (Å²) in [5.41, 5.74) is 3.32. The molecule has 0 heterocycles. The van der Waals surface area contributed by atoms with Crippen molar-refractivity contribution in [3.8, 4) is 5.75 Å². The number of anilines is 1. The second-order valence-corrected chi connectivity index (χ2v) is 4.43. The van der Waals surface area contributed by atoms with E-state index in [9.17, 15) is 0 Å².